The highest BCUT2D eigenvalue weighted by molar-refractivity contribution is 9.10. The Hall–Kier alpha value is -1.14. The van der Waals surface area contributed by atoms with Gasteiger partial charge in [-0.25, -0.2) is 9.18 Å². The Balaban J connectivity index is 1.98. The molecule has 1 atom stereocenters. The predicted molar refractivity (Wildman–Crippen MR) is 84.4 cm³/mol. The molecule has 0 aliphatic carbocycles. The number of rotatable bonds is 5. The second kappa shape index (κ2) is 6.75. The van der Waals surface area contributed by atoms with E-state index in [1.807, 2.05) is 0 Å². The molecule has 0 amide bonds. The molecule has 0 radical (unpaired) electrons. The summed E-state index contributed by atoms with van der Waals surface area (Å²) in [6.07, 6.45) is 1.10. The van der Waals surface area contributed by atoms with Crippen molar-refractivity contribution >= 4 is 27.6 Å². The van der Waals surface area contributed by atoms with E-state index in [1.165, 1.54) is 12.1 Å². The van der Waals surface area contributed by atoms with Crippen LogP contribution in [-0.2, 0) is 0 Å². The molecule has 116 valence electrons. The predicted octanol–water partition coefficient (Wildman–Crippen LogP) is 3.43. The number of halogens is 2. The van der Waals surface area contributed by atoms with Crippen LogP contribution in [0.3, 0.4) is 0 Å². The molecule has 6 heteroatoms. The number of hydrogen-bond donors (Lipinski definition) is 2. The van der Waals surface area contributed by atoms with Gasteiger partial charge in [0.2, 0.25) is 0 Å². The van der Waals surface area contributed by atoms with Crippen molar-refractivity contribution in [2.45, 2.75) is 26.3 Å². The number of anilines is 1. The molecule has 1 unspecified atom stereocenters. The van der Waals surface area contributed by atoms with E-state index >= 15 is 0 Å². The van der Waals surface area contributed by atoms with Gasteiger partial charge in [-0.15, -0.1) is 0 Å². The van der Waals surface area contributed by atoms with E-state index in [2.05, 4.69) is 40.0 Å². The molecule has 1 saturated heterocycles. The minimum atomic E-state index is -1.14. The van der Waals surface area contributed by atoms with Crippen LogP contribution in [0.4, 0.5) is 10.1 Å². The molecule has 4 nitrogen and oxygen atoms in total. The van der Waals surface area contributed by atoms with Crippen molar-refractivity contribution in [2.75, 3.05) is 25.0 Å². The van der Waals surface area contributed by atoms with Crippen LogP contribution in [-0.4, -0.2) is 41.7 Å². The van der Waals surface area contributed by atoms with Crippen LogP contribution in [0.5, 0.6) is 0 Å². The molecule has 1 aliphatic rings. The molecule has 2 N–H and O–H groups in total. The van der Waals surface area contributed by atoms with Gasteiger partial charge in [-0.3, -0.25) is 0 Å². The maximum absolute atomic E-state index is 14.1. The topological polar surface area (TPSA) is 52.6 Å². The van der Waals surface area contributed by atoms with E-state index < -0.39 is 11.8 Å². The maximum Gasteiger partial charge on any atom is 0.336 e. The summed E-state index contributed by atoms with van der Waals surface area (Å²) in [5.74, 6) is -1.20. The number of likely N-dealkylation sites (tertiary alicyclic amines) is 1. The molecule has 0 bridgehead atoms. The number of carboxylic acids is 1. The molecule has 0 spiro atoms. The summed E-state index contributed by atoms with van der Waals surface area (Å²) in [4.78, 5) is 13.3. The highest BCUT2D eigenvalue weighted by atomic mass is 79.9. The van der Waals surface area contributed by atoms with Crippen LogP contribution >= 0.6 is 15.9 Å². The monoisotopic (exact) mass is 358 g/mol. The largest absolute Gasteiger partial charge is 0.478 e. The molecule has 1 aliphatic heterocycles. The Morgan fingerprint density at radius 2 is 2.29 bits per heavy atom. The highest BCUT2D eigenvalue weighted by Crippen LogP contribution is 2.28. The molecule has 0 aromatic heterocycles. The van der Waals surface area contributed by atoms with E-state index in [1.54, 1.807) is 0 Å². The number of benzene rings is 1. The molecular weight excluding hydrogens is 339 g/mol. The lowest BCUT2D eigenvalue weighted by Crippen LogP contribution is -2.29. The van der Waals surface area contributed by atoms with Crippen LogP contribution in [0.25, 0.3) is 0 Å². The van der Waals surface area contributed by atoms with Crippen molar-refractivity contribution < 1.29 is 14.3 Å². The van der Waals surface area contributed by atoms with Crippen LogP contribution < -0.4 is 5.32 Å². The van der Waals surface area contributed by atoms with Crippen molar-refractivity contribution in [2.24, 2.45) is 5.92 Å². The molecule has 21 heavy (non-hydrogen) atoms. The lowest BCUT2D eigenvalue weighted by Gasteiger charge is -2.20. The molecular formula is C15H20BrFN2O2. The van der Waals surface area contributed by atoms with Crippen molar-refractivity contribution in [1.29, 1.82) is 0 Å². The third kappa shape index (κ3) is 3.74. The first-order valence-corrected chi connectivity index (χ1v) is 7.88. The summed E-state index contributed by atoms with van der Waals surface area (Å²) >= 11 is 3.01. The lowest BCUT2D eigenvalue weighted by atomic mass is 10.1. The Kier molecular flexibility index (Phi) is 5.22. The number of aromatic carboxylic acids is 1. The summed E-state index contributed by atoms with van der Waals surface area (Å²) in [5, 5.41) is 12.0. The molecule has 0 saturated carbocycles. The van der Waals surface area contributed by atoms with Gasteiger partial charge in [-0.1, -0.05) is 0 Å². The third-order valence-corrected chi connectivity index (χ3v) is 4.72. The van der Waals surface area contributed by atoms with Crippen molar-refractivity contribution in [3.05, 3.63) is 28.0 Å². The van der Waals surface area contributed by atoms with Gasteiger partial charge in [0.1, 0.15) is 0 Å². The third-order valence-electron chi connectivity index (χ3n) is 3.94. The van der Waals surface area contributed by atoms with Gasteiger partial charge in [-0.2, -0.15) is 0 Å². The first kappa shape index (κ1) is 16.2. The Bertz CT molecular complexity index is 537. The molecule has 1 aromatic rings. The van der Waals surface area contributed by atoms with Crippen LogP contribution in [0, 0.1) is 11.7 Å². The standard InChI is InChI=1S/C15H20BrFN2O2/c1-9(2)19-6-5-10(8-19)7-18-12-4-3-11(15(20)21)13(16)14(12)17/h3-4,9-10,18H,5-8H2,1-2H3,(H,20,21). The summed E-state index contributed by atoms with van der Waals surface area (Å²) in [7, 11) is 0. The van der Waals surface area contributed by atoms with E-state index in [0.29, 0.717) is 24.2 Å². The average Bonchev–Trinajstić information content (AvgIpc) is 2.89. The quantitative estimate of drug-likeness (QED) is 0.846. The summed E-state index contributed by atoms with van der Waals surface area (Å²) in [5.41, 5.74) is 0.278. The van der Waals surface area contributed by atoms with Gasteiger partial charge >= 0.3 is 5.97 Å². The van der Waals surface area contributed by atoms with Gasteiger partial charge in [-0.05, 0) is 60.8 Å². The SMILES string of the molecule is CC(C)N1CCC(CNc2ccc(C(=O)O)c(Br)c2F)C1. The van der Waals surface area contributed by atoms with Gasteiger partial charge in [0.05, 0.1) is 15.7 Å². The van der Waals surface area contributed by atoms with Crippen molar-refractivity contribution in [3.63, 3.8) is 0 Å². The fourth-order valence-corrected chi connectivity index (χ4v) is 3.12. The maximum atomic E-state index is 14.1. The van der Waals surface area contributed by atoms with E-state index in [4.69, 9.17) is 5.11 Å². The zero-order valence-corrected chi connectivity index (χ0v) is 13.8. The molecule has 1 aromatic carbocycles. The average molecular weight is 359 g/mol. The number of carbonyl (C=O) groups is 1. The fourth-order valence-electron chi connectivity index (χ4n) is 2.60. The van der Waals surface area contributed by atoms with E-state index in [9.17, 15) is 9.18 Å². The number of nitrogens with zero attached hydrogens (tertiary/aromatic N) is 1. The van der Waals surface area contributed by atoms with Gasteiger partial charge in [0, 0.05) is 19.1 Å². The van der Waals surface area contributed by atoms with Crippen LogP contribution in [0.15, 0.2) is 16.6 Å². The summed E-state index contributed by atoms with van der Waals surface area (Å²) in [6.45, 7) is 7.14. The Labute approximate surface area is 132 Å². The minimum Gasteiger partial charge on any atom is -0.478 e. The number of nitrogens with one attached hydrogen (secondary N) is 1. The first-order valence-electron chi connectivity index (χ1n) is 7.09. The number of carboxylic acid groups (broad SMARTS) is 1. The highest BCUT2D eigenvalue weighted by Gasteiger charge is 2.24. The van der Waals surface area contributed by atoms with Crippen molar-refractivity contribution in [1.82, 2.24) is 4.90 Å². The lowest BCUT2D eigenvalue weighted by molar-refractivity contribution is 0.0695. The van der Waals surface area contributed by atoms with E-state index in [-0.39, 0.29) is 10.0 Å². The fraction of sp³-hybridized carbons (Fsp3) is 0.533. The van der Waals surface area contributed by atoms with Crippen LogP contribution in [0.1, 0.15) is 30.6 Å². The summed E-state index contributed by atoms with van der Waals surface area (Å²) in [6, 6.07) is 3.43. The smallest absolute Gasteiger partial charge is 0.336 e. The van der Waals surface area contributed by atoms with Crippen molar-refractivity contribution in [3.8, 4) is 0 Å². The molecule has 1 heterocycles. The van der Waals surface area contributed by atoms with Gasteiger partial charge < -0.3 is 15.3 Å². The van der Waals surface area contributed by atoms with Gasteiger partial charge in [0.15, 0.2) is 5.82 Å². The number of hydrogen-bond acceptors (Lipinski definition) is 3. The summed E-state index contributed by atoms with van der Waals surface area (Å²) < 4.78 is 14.1. The van der Waals surface area contributed by atoms with Crippen LogP contribution in [0.2, 0.25) is 0 Å². The Morgan fingerprint density at radius 1 is 1.57 bits per heavy atom. The zero-order valence-electron chi connectivity index (χ0n) is 12.2. The second-order valence-electron chi connectivity index (χ2n) is 5.72. The normalized spacial score (nSPS) is 19.2. The van der Waals surface area contributed by atoms with Gasteiger partial charge in [0.25, 0.3) is 0 Å². The molecule has 2 rings (SSSR count). The Morgan fingerprint density at radius 3 is 2.86 bits per heavy atom. The van der Waals surface area contributed by atoms with E-state index in [0.717, 1.165) is 19.5 Å². The zero-order chi connectivity index (χ0) is 15.6. The minimum absolute atomic E-state index is 0.00442. The first-order chi connectivity index (χ1) is 9.90. The second-order valence-corrected chi connectivity index (χ2v) is 6.51. The molecule has 1 fully saturated rings.